The third kappa shape index (κ3) is 3.60. The monoisotopic (exact) mass is 369 g/mol. The van der Waals surface area contributed by atoms with E-state index in [1.807, 2.05) is 37.3 Å². The van der Waals surface area contributed by atoms with E-state index in [1.165, 1.54) is 14.2 Å². The molecule has 0 saturated carbocycles. The Morgan fingerprint density at radius 2 is 1.63 bits per heavy atom. The van der Waals surface area contributed by atoms with Crippen molar-refractivity contribution >= 4 is 11.9 Å². The predicted octanol–water partition coefficient (Wildman–Crippen LogP) is 2.95. The molecule has 0 bridgehead atoms. The van der Waals surface area contributed by atoms with E-state index in [4.69, 9.17) is 9.47 Å². The normalized spacial score (nSPS) is 19.0. The van der Waals surface area contributed by atoms with Crippen LogP contribution in [0.1, 0.15) is 27.4 Å². The molecule has 1 fully saturated rings. The number of carboxylic acids is 1. The zero-order chi connectivity index (χ0) is 19.6. The second kappa shape index (κ2) is 7.70. The van der Waals surface area contributed by atoms with Crippen molar-refractivity contribution in [3.05, 3.63) is 59.2 Å². The molecule has 2 aromatic rings. The summed E-state index contributed by atoms with van der Waals surface area (Å²) in [7, 11) is 3.08. The number of ether oxygens (including phenoxy) is 2. The van der Waals surface area contributed by atoms with E-state index in [-0.39, 0.29) is 18.4 Å². The van der Waals surface area contributed by atoms with Crippen LogP contribution in [0.15, 0.2) is 42.5 Å². The number of amides is 1. The lowest BCUT2D eigenvalue weighted by Gasteiger charge is -2.18. The van der Waals surface area contributed by atoms with Gasteiger partial charge in [-0.2, -0.15) is 0 Å². The molecule has 2 aromatic carbocycles. The Morgan fingerprint density at radius 3 is 2.15 bits per heavy atom. The zero-order valence-electron chi connectivity index (χ0n) is 15.6. The van der Waals surface area contributed by atoms with Crippen LogP contribution < -0.4 is 9.47 Å². The fourth-order valence-electron chi connectivity index (χ4n) is 3.65. The van der Waals surface area contributed by atoms with Crippen LogP contribution in [0.4, 0.5) is 0 Å². The highest BCUT2D eigenvalue weighted by Gasteiger charge is 2.40. The van der Waals surface area contributed by atoms with E-state index >= 15 is 0 Å². The van der Waals surface area contributed by atoms with Crippen molar-refractivity contribution in [3.63, 3.8) is 0 Å². The molecule has 2 atom stereocenters. The summed E-state index contributed by atoms with van der Waals surface area (Å²) in [5, 5.41) is 9.64. The Bertz CT molecular complexity index is 824. The molecule has 0 aromatic heterocycles. The summed E-state index contributed by atoms with van der Waals surface area (Å²) in [6.45, 7) is 2.39. The van der Waals surface area contributed by atoms with Crippen LogP contribution in [-0.4, -0.2) is 49.2 Å². The number of carbonyl (C=O) groups is 2. The molecular formula is C21H23NO5. The number of rotatable bonds is 5. The Labute approximate surface area is 158 Å². The van der Waals surface area contributed by atoms with E-state index in [0.29, 0.717) is 23.6 Å². The van der Waals surface area contributed by atoms with Gasteiger partial charge in [0.15, 0.2) is 0 Å². The topological polar surface area (TPSA) is 76.1 Å². The minimum absolute atomic E-state index is 0.173. The number of carboxylic acid groups (broad SMARTS) is 1. The van der Waals surface area contributed by atoms with E-state index in [2.05, 4.69) is 0 Å². The minimum Gasteiger partial charge on any atom is -0.496 e. The van der Waals surface area contributed by atoms with Crippen molar-refractivity contribution in [1.82, 2.24) is 4.90 Å². The number of hydrogen-bond acceptors (Lipinski definition) is 4. The van der Waals surface area contributed by atoms with Crippen LogP contribution in [0.25, 0.3) is 0 Å². The molecule has 27 heavy (non-hydrogen) atoms. The molecule has 1 aliphatic rings. The minimum atomic E-state index is -0.891. The van der Waals surface area contributed by atoms with Crippen molar-refractivity contribution < 1.29 is 24.2 Å². The quantitative estimate of drug-likeness (QED) is 0.877. The first-order chi connectivity index (χ1) is 13.0. The maximum atomic E-state index is 13.1. The van der Waals surface area contributed by atoms with E-state index < -0.39 is 11.9 Å². The Kier molecular flexibility index (Phi) is 5.35. The highest BCUT2D eigenvalue weighted by molar-refractivity contribution is 5.96. The zero-order valence-corrected chi connectivity index (χ0v) is 15.6. The molecule has 6 heteroatoms. The summed E-state index contributed by atoms with van der Waals surface area (Å²) >= 11 is 0. The van der Waals surface area contributed by atoms with Gasteiger partial charge in [-0.3, -0.25) is 9.59 Å². The van der Waals surface area contributed by atoms with Gasteiger partial charge in [0.25, 0.3) is 5.91 Å². The average molecular weight is 369 g/mol. The third-order valence-corrected chi connectivity index (χ3v) is 5.15. The van der Waals surface area contributed by atoms with Crippen molar-refractivity contribution in [3.8, 4) is 11.5 Å². The van der Waals surface area contributed by atoms with Crippen LogP contribution in [0.2, 0.25) is 0 Å². The van der Waals surface area contributed by atoms with Gasteiger partial charge in [-0.15, -0.1) is 0 Å². The van der Waals surface area contributed by atoms with E-state index in [0.717, 1.165) is 11.1 Å². The van der Waals surface area contributed by atoms with Gasteiger partial charge in [0, 0.05) is 30.1 Å². The van der Waals surface area contributed by atoms with Crippen LogP contribution in [0.5, 0.6) is 11.5 Å². The summed E-state index contributed by atoms with van der Waals surface area (Å²) in [5.41, 5.74) is 2.16. The molecule has 1 heterocycles. The van der Waals surface area contributed by atoms with Crippen molar-refractivity contribution in [2.45, 2.75) is 12.8 Å². The number of nitrogens with zero attached hydrogens (tertiary/aromatic N) is 1. The van der Waals surface area contributed by atoms with Gasteiger partial charge in [-0.05, 0) is 24.6 Å². The highest BCUT2D eigenvalue weighted by atomic mass is 16.5. The van der Waals surface area contributed by atoms with Gasteiger partial charge in [0.1, 0.15) is 11.5 Å². The Morgan fingerprint density at radius 1 is 1.04 bits per heavy atom. The van der Waals surface area contributed by atoms with Gasteiger partial charge in [0.2, 0.25) is 0 Å². The Hall–Kier alpha value is -3.02. The fourth-order valence-corrected chi connectivity index (χ4v) is 3.65. The van der Waals surface area contributed by atoms with Crippen molar-refractivity contribution in [2.24, 2.45) is 5.92 Å². The first-order valence-electron chi connectivity index (χ1n) is 8.76. The molecule has 142 valence electrons. The van der Waals surface area contributed by atoms with Crippen LogP contribution >= 0.6 is 0 Å². The lowest BCUT2D eigenvalue weighted by molar-refractivity contribution is -0.141. The molecule has 1 aliphatic heterocycles. The number of aliphatic carboxylic acids is 1. The molecule has 1 N–H and O–H groups in total. The first kappa shape index (κ1) is 18.8. The number of hydrogen-bond donors (Lipinski definition) is 1. The fraction of sp³-hybridized carbons (Fsp3) is 0.333. The lowest BCUT2D eigenvalue weighted by atomic mass is 9.89. The highest BCUT2D eigenvalue weighted by Crippen LogP contribution is 2.35. The number of benzene rings is 2. The SMILES string of the molecule is COc1cc(C(=O)N2CC(C(=O)O)C(c3ccccc3)C2)cc(OC)c1C. The lowest BCUT2D eigenvalue weighted by Crippen LogP contribution is -2.30. The van der Waals surface area contributed by atoms with Crippen LogP contribution in [0, 0.1) is 12.8 Å². The Balaban J connectivity index is 1.91. The average Bonchev–Trinajstić information content (AvgIpc) is 3.14. The maximum Gasteiger partial charge on any atom is 0.308 e. The third-order valence-electron chi connectivity index (χ3n) is 5.15. The van der Waals surface area contributed by atoms with Crippen molar-refractivity contribution in [1.29, 1.82) is 0 Å². The van der Waals surface area contributed by atoms with Gasteiger partial charge in [0.05, 0.1) is 20.1 Å². The number of likely N-dealkylation sites (tertiary alicyclic amines) is 1. The molecule has 3 rings (SSSR count). The summed E-state index contributed by atoms with van der Waals surface area (Å²) in [6.07, 6.45) is 0. The van der Waals surface area contributed by atoms with E-state index in [1.54, 1.807) is 17.0 Å². The molecule has 1 amide bonds. The summed E-state index contributed by atoms with van der Waals surface area (Å²) in [5.74, 6) is -0.862. The number of methoxy groups -OCH3 is 2. The van der Waals surface area contributed by atoms with Crippen LogP contribution in [-0.2, 0) is 4.79 Å². The van der Waals surface area contributed by atoms with Gasteiger partial charge in [-0.1, -0.05) is 30.3 Å². The summed E-state index contributed by atoms with van der Waals surface area (Å²) < 4.78 is 10.7. The molecule has 0 aliphatic carbocycles. The van der Waals surface area contributed by atoms with Crippen LogP contribution in [0.3, 0.4) is 0 Å². The van der Waals surface area contributed by atoms with E-state index in [9.17, 15) is 14.7 Å². The predicted molar refractivity (Wildman–Crippen MR) is 100 cm³/mol. The first-order valence-corrected chi connectivity index (χ1v) is 8.76. The standard InChI is InChI=1S/C21H23NO5/c1-13-18(26-2)9-15(10-19(13)27-3)20(23)22-11-16(17(12-22)21(24)25)14-7-5-4-6-8-14/h4-10,16-17H,11-12H2,1-3H3,(H,24,25). The molecule has 0 spiro atoms. The van der Waals surface area contributed by atoms with Crippen molar-refractivity contribution in [2.75, 3.05) is 27.3 Å². The summed E-state index contributed by atoms with van der Waals surface area (Å²) in [6, 6.07) is 12.8. The summed E-state index contributed by atoms with van der Waals surface area (Å²) in [4.78, 5) is 26.4. The molecule has 1 saturated heterocycles. The maximum absolute atomic E-state index is 13.1. The van der Waals surface area contributed by atoms with Gasteiger partial charge < -0.3 is 19.5 Å². The molecule has 2 unspecified atom stereocenters. The molecule has 0 radical (unpaired) electrons. The largest absolute Gasteiger partial charge is 0.496 e. The smallest absolute Gasteiger partial charge is 0.308 e. The molecular weight excluding hydrogens is 346 g/mol. The number of carbonyl (C=O) groups excluding carboxylic acids is 1. The second-order valence-corrected chi connectivity index (χ2v) is 6.68. The second-order valence-electron chi connectivity index (χ2n) is 6.68. The van der Waals surface area contributed by atoms with Gasteiger partial charge >= 0.3 is 5.97 Å². The molecule has 6 nitrogen and oxygen atoms in total. The van der Waals surface area contributed by atoms with Gasteiger partial charge in [-0.25, -0.2) is 0 Å².